The molecule has 0 bridgehead atoms. The summed E-state index contributed by atoms with van der Waals surface area (Å²) in [4.78, 5) is 69.6. The number of hydrogen-bond acceptors (Lipinski definition) is 19. The zero-order valence-corrected chi connectivity index (χ0v) is 57.3. The number of Topliss-reactive ketones (excluding diaryl/α,β-unsaturated/α-hetero) is 1. The lowest BCUT2D eigenvalue weighted by atomic mass is 10.0. The molecule has 2 atom stereocenters. The van der Waals surface area contributed by atoms with E-state index in [-0.39, 0.29) is 36.5 Å². The summed E-state index contributed by atoms with van der Waals surface area (Å²) in [5, 5.41) is 23.4. The highest BCUT2D eigenvalue weighted by Gasteiger charge is 2.23. The standard InChI is InChI=1S/C33H66N2O13.C18H36O2.C11H20N2O5.C3H8/c1-4-32(36)31(34-2)7-5-6-9-35-33(37)8-10-39-13-14-41-17-18-43-21-22-45-25-26-47-29-30-48-28-27-46-24-23-44-20-19-42-16-15-40-12-11-38-3;1-2-3-4-5-6-7-8-9-10-11-12-13-14-15-16-17-18(19)20;1-12(6-7-18-3)10(15)5-4-9(11(16)17)13(2)8-14;1-3-2/h31,34H,4-30H2,1-3H3,(H,35,37);2-17H2,1H3,(H,19,20);8-9H,4-7H2,1-3H3,(H,16,17);3H2,1-2H3. The molecule has 0 saturated carbocycles. The average molecular weight is 1290 g/mol. The van der Waals surface area contributed by atoms with Crippen molar-refractivity contribution in [1.29, 1.82) is 0 Å². The van der Waals surface area contributed by atoms with E-state index in [0.29, 0.717) is 184 Å². The number of ether oxygens (including phenoxy) is 12. The average Bonchev–Trinajstić information content (AvgIpc) is 3.74. The summed E-state index contributed by atoms with van der Waals surface area (Å²) in [6, 6.07) is -1.06. The molecule has 0 spiro atoms. The van der Waals surface area contributed by atoms with Crippen LogP contribution >= 0.6 is 0 Å². The molecule has 0 aliphatic heterocycles. The fraction of sp³-hybridized carbons (Fsp3) is 0.908. The summed E-state index contributed by atoms with van der Waals surface area (Å²) in [6.45, 7) is 20.3. The molecule has 0 aliphatic carbocycles. The molecule has 0 aromatic carbocycles. The number of likely N-dealkylation sites (N-methyl/N-ethyl adjacent to an activating group) is 3. The Balaban J connectivity index is -0.000000716. The Bertz CT molecular complexity index is 1510. The summed E-state index contributed by atoms with van der Waals surface area (Å²) < 4.78 is 64.1. The molecule has 0 aliphatic rings. The molecule has 24 nitrogen and oxygen atoms in total. The van der Waals surface area contributed by atoms with Crippen molar-refractivity contribution in [3.8, 4) is 0 Å². The molecule has 530 valence electrons. The molecule has 0 radical (unpaired) electrons. The molecule has 24 heteroatoms. The van der Waals surface area contributed by atoms with Gasteiger partial charge in [0.15, 0.2) is 0 Å². The number of unbranched alkanes of at least 4 members (excludes halogenated alkanes) is 15. The van der Waals surface area contributed by atoms with Crippen LogP contribution < -0.4 is 10.6 Å². The number of hydrogen-bond donors (Lipinski definition) is 4. The minimum Gasteiger partial charge on any atom is -0.481 e. The molecule has 0 aromatic heterocycles. The van der Waals surface area contributed by atoms with Crippen molar-refractivity contribution in [2.24, 2.45) is 0 Å². The van der Waals surface area contributed by atoms with E-state index in [9.17, 15) is 28.8 Å². The molecular formula is C65H130N4O20. The lowest BCUT2D eigenvalue weighted by Gasteiger charge is -2.22. The van der Waals surface area contributed by atoms with Crippen LogP contribution in [0.4, 0.5) is 0 Å². The number of carboxylic acid groups (broad SMARTS) is 2. The summed E-state index contributed by atoms with van der Waals surface area (Å²) in [7, 11) is 7.99. The van der Waals surface area contributed by atoms with Gasteiger partial charge in [-0.1, -0.05) is 124 Å². The minimum atomic E-state index is -1.11. The molecule has 4 N–H and O–H groups in total. The fourth-order valence-corrected chi connectivity index (χ4v) is 7.92. The number of amides is 3. The highest BCUT2D eigenvalue weighted by molar-refractivity contribution is 5.83. The molecule has 0 aromatic rings. The van der Waals surface area contributed by atoms with E-state index in [2.05, 4.69) is 31.4 Å². The van der Waals surface area contributed by atoms with E-state index in [0.717, 1.165) is 37.0 Å². The Kier molecular flexibility index (Phi) is 81.3. The third-order valence-corrected chi connectivity index (χ3v) is 13.2. The van der Waals surface area contributed by atoms with Gasteiger partial charge >= 0.3 is 11.9 Å². The van der Waals surface area contributed by atoms with Crippen molar-refractivity contribution < 1.29 is 95.8 Å². The summed E-state index contributed by atoms with van der Waals surface area (Å²) in [6.07, 6.45) is 25.4. The third kappa shape index (κ3) is 76.9. The van der Waals surface area contributed by atoms with Gasteiger partial charge in [-0.05, 0) is 39.2 Å². The van der Waals surface area contributed by atoms with E-state index >= 15 is 0 Å². The second kappa shape index (κ2) is 78.7. The van der Waals surface area contributed by atoms with Crippen LogP contribution in [-0.2, 0) is 85.6 Å². The number of rotatable bonds is 66. The number of aliphatic carboxylic acids is 2. The Labute approximate surface area is 538 Å². The third-order valence-electron chi connectivity index (χ3n) is 13.2. The molecular weight excluding hydrogens is 1160 g/mol. The number of nitrogens with zero attached hydrogens (tertiary/aromatic N) is 2. The molecule has 0 rings (SSSR count). The van der Waals surface area contributed by atoms with Crippen LogP contribution in [0, 0.1) is 0 Å². The Hall–Kier alpha value is -3.50. The van der Waals surface area contributed by atoms with Crippen LogP contribution in [-0.4, -0.2) is 262 Å². The maximum absolute atomic E-state index is 11.9. The van der Waals surface area contributed by atoms with E-state index in [1.807, 2.05) is 6.92 Å². The Morgan fingerprint density at radius 1 is 0.449 bits per heavy atom. The second-order valence-corrected chi connectivity index (χ2v) is 21.1. The predicted molar refractivity (Wildman–Crippen MR) is 347 cm³/mol. The zero-order valence-electron chi connectivity index (χ0n) is 57.3. The zero-order chi connectivity index (χ0) is 66.7. The number of carbonyl (C=O) groups is 6. The highest BCUT2D eigenvalue weighted by atomic mass is 16.6. The fourth-order valence-electron chi connectivity index (χ4n) is 7.92. The molecule has 0 saturated heterocycles. The first-order valence-electron chi connectivity index (χ1n) is 33.4. The van der Waals surface area contributed by atoms with Gasteiger partial charge in [0, 0.05) is 67.1 Å². The SMILES string of the molecule is CCC.CCC(=O)C(CCCCNC(=O)CCOCCOCCOCCOCCOCCOCCOCCOCCOCCOCCOC)NC.CCCCCCCCCCCCCCCCCC(=O)O.COCCN(C)C(=O)CCC(C(=O)O)N(C)C=O. The highest BCUT2D eigenvalue weighted by Crippen LogP contribution is 2.14. The van der Waals surface area contributed by atoms with Gasteiger partial charge in [0.25, 0.3) is 0 Å². The summed E-state index contributed by atoms with van der Waals surface area (Å²) >= 11 is 0. The van der Waals surface area contributed by atoms with Crippen molar-refractivity contribution in [2.75, 3.05) is 194 Å². The topological polar surface area (TPSA) is 284 Å². The molecule has 89 heavy (non-hydrogen) atoms. The van der Waals surface area contributed by atoms with Gasteiger partial charge < -0.3 is 87.5 Å². The van der Waals surface area contributed by atoms with Crippen molar-refractivity contribution in [1.82, 2.24) is 20.4 Å². The smallest absolute Gasteiger partial charge is 0.326 e. The Morgan fingerprint density at radius 2 is 0.809 bits per heavy atom. The van der Waals surface area contributed by atoms with Crippen molar-refractivity contribution >= 4 is 35.9 Å². The van der Waals surface area contributed by atoms with Gasteiger partial charge in [0.1, 0.15) is 11.8 Å². The molecule has 2 unspecified atom stereocenters. The van der Waals surface area contributed by atoms with Gasteiger partial charge in [-0.15, -0.1) is 0 Å². The first-order valence-corrected chi connectivity index (χ1v) is 33.4. The largest absolute Gasteiger partial charge is 0.481 e. The summed E-state index contributed by atoms with van der Waals surface area (Å²) in [5.41, 5.74) is 0. The van der Waals surface area contributed by atoms with Crippen LogP contribution in [0.15, 0.2) is 0 Å². The Morgan fingerprint density at radius 3 is 1.13 bits per heavy atom. The number of carbonyl (C=O) groups excluding carboxylic acids is 4. The maximum atomic E-state index is 11.9. The quantitative estimate of drug-likeness (QED) is 0.0330. The molecule has 3 amide bonds. The van der Waals surface area contributed by atoms with Crippen molar-refractivity contribution in [3.63, 3.8) is 0 Å². The molecule has 0 heterocycles. The van der Waals surface area contributed by atoms with Gasteiger partial charge in [0.05, 0.1) is 151 Å². The maximum Gasteiger partial charge on any atom is 0.326 e. The second-order valence-electron chi connectivity index (χ2n) is 21.1. The van der Waals surface area contributed by atoms with E-state index in [1.54, 1.807) is 21.2 Å². The minimum absolute atomic E-state index is 0.0345. The normalized spacial score (nSPS) is 11.5. The van der Waals surface area contributed by atoms with E-state index in [1.165, 1.54) is 109 Å². The number of methoxy groups -OCH3 is 2. The van der Waals surface area contributed by atoms with Crippen LogP contribution in [0.3, 0.4) is 0 Å². The van der Waals surface area contributed by atoms with Crippen molar-refractivity contribution in [3.05, 3.63) is 0 Å². The van der Waals surface area contributed by atoms with Gasteiger partial charge in [-0.3, -0.25) is 24.0 Å². The van der Waals surface area contributed by atoms with E-state index in [4.69, 9.17) is 67.1 Å². The number of nitrogens with one attached hydrogen (secondary N) is 2. The van der Waals surface area contributed by atoms with Crippen LogP contribution in [0.25, 0.3) is 0 Å². The summed E-state index contributed by atoms with van der Waals surface area (Å²) in [5.74, 6) is -1.74. The molecule has 0 fully saturated rings. The first-order chi connectivity index (χ1) is 43.3. The predicted octanol–water partition coefficient (Wildman–Crippen LogP) is 8.20. The number of ketones is 1. The van der Waals surface area contributed by atoms with Gasteiger partial charge in [0.2, 0.25) is 18.2 Å². The van der Waals surface area contributed by atoms with Crippen LogP contribution in [0.5, 0.6) is 0 Å². The van der Waals surface area contributed by atoms with Crippen molar-refractivity contribution in [2.45, 2.75) is 194 Å². The van der Waals surface area contributed by atoms with Gasteiger partial charge in [-0.25, -0.2) is 4.79 Å². The number of carboxylic acids is 2. The van der Waals surface area contributed by atoms with Crippen LogP contribution in [0.2, 0.25) is 0 Å². The lowest BCUT2D eigenvalue weighted by molar-refractivity contribution is -0.146. The van der Waals surface area contributed by atoms with E-state index < -0.39 is 18.0 Å². The van der Waals surface area contributed by atoms with Crippen LogP contribution in [0.1, 0.15) is 182 Å². The monoisotopic (exact) mass is 1290 g/mol. The first kappa shape index (κ1) is 91.9. The van der Waals surface area contributed by atoms with Gasteiger partial charge in [-0.2, -0.15) is 0 Å². The lowest BCUT2D eigenvalue weighted by Crippen LogP contribution is -2.39.